The van der Waals surface area contributed by atoms with Gasteiger partial charge >= 0.3 is 0 Å². The number of aryl methyl sites for hydroxylation is 3. The fourth-order valence-electron chi connectivity index (χ4n) is 2.35. The van der Waals surface area contributed by atoms with Crippen LogP contribution in [0.4, 0.5) is 0 Å². The van der Waals surface area contributed by atoms with Gasteiger partial charge in [0.2, 0.25) is 0 Å². The molecule has 0 aliphatic carbocycles. The number of ether oxygens (including phenoxy) is 2. The maximum absolute atomic E-state index is 6.24. The summed E-state index contributed by atoms with van der Waals surface area (Å²) in [7, 11) is 3.25. The first-order valence-electron chi connectivity index (χ1n) is 6.63. The molecule has 0 spiro atoms. The summed E-state index contributed by atoms with van der Waals surface area (Å²) >= 11 is 7.90. The van der Waals surface area contributed by atoms with E-state index in [1.807, 2.05) is 12.1 Å². The van der Waals surface area contributed by atoms with E-state index in [0.717, 1.165) is 10.6 Å². The van der Waals surface area contributed by atoms with Gasteiger partial charge in [-0.3, -0.25) is 0 Å². The molecule has 0 aromatic heterocycles. The minimum absolute atomic E-state index is 0.586. The van der Waals surface area contributed by atoms with Crippen molar-refractivity contribution >= 4 is 23.4 Å². The fourth-order valence-corrected chi connectivity index (χ4v) is 3.73. The summed E-state index contributed by atoms with van der Waals surface area (Å²) < 4.78 is 10.7. The Hall–Kier alpha value is -1.32. The van der Waals surface area contributed by atoms with E-state index in [9.17, 15) is 0 Å². The zero-order valence-electron chi connectivity index (χ0n) is 12.9. The van der Waals surface area contributed by atoms with Crippen molar-refractivity contribution in [2.45, 2.75) is 30.6 Å². The number of halogens is 1. The van der Waals surface area contributed by atoms with E-state index < -0.39 is 0 Å². The van der Waals surface area contributed by atoms with E-state index in [0.29, 0.717) is 10.8 Å². The zero-order valence-corrected chi connectivity index (χ0v) is 14.5. The molecule has 0 N–H and O–H groups in total. The van der Waals surface area contributed by atoms with Gasteiger partial charge in [0.15, 0.2) is 0 Å². The molecule has 0 atom stereocenters. The van der Waals surface area contributed by atoms with E-state index in [1.165, 1.54) is 21.6 Å². The van der Waals surface area contributed by atoms with E-state index >= 15 is 0 Å². The molecule has 0 heterocycles. The highest BCUT2D eigenvalue weighted by Crippen LogP contribution is 2.42. The van der Waals surface area contributed by atoms with Gasteiger partial charge in [-0.2, -0.15) is 0 Å². The Kier molecular flexibility index (Phi) is 5.07. The lowest BCUT2D eigenvalue weighted by Gasteiger charge is -2.15. The monoisotopic (exact) mass is 322 g/mol. The molecule has 21 heavy (non-hydrogen) atoms. The summed E-state index contributed by atoms with van der Waals surface area (Å²) in [4.78, 5) is 2.22. The summed E-state index contributed by atoms with van der Waals surface area (Å²) in [5.41, 5.74) is 3.78. The summed E-state index contributed by atoms with van der Waals surface area (Å²) in [6, 6.07) is 8.09. The minimum Gasteiger partial charge on any atom is -0.495 e. The summed E-state index contributed by atoms with van der Waals surface area (Å²) in [6.45, 7) is 6.36. The lowest BCUT2D eigenvalue weighted by molar-refractivity contribution is 0.387. The number of hydrogen-bond donors (Lipinski definition) is 0. The van der Waals surface area contributed by atoms with E-state index in [-0.39, 0.29) is 0 Å². The molecule has 2 nitrogen and oxygen atoms in total. The molecule has 0 saturated carbocycles. The average molecular weight is 323 g/mol. The largest absolute Gasteiger partial charge is 0.495 e. The Labute approximate surface area is 135 Å². The second-order valence-electron chi connectivity index (χ2n) is 4.97. The number of rotatable bonds is 4. The molecule has 0 amide bonds. The van der Waals surface area contributed by atoms with Crippen molar-refractivity contribution < 1.29 is 9.47 Å². The fraction of sp³-hybridized carbons (Fsp3) is 0.294. The predicted octanol–water partition coefficient (Wildman–Crippen LogP) is 5.43. The highest BCUT2D eigenvalue weighted by atomic mass is 35.5. The van der Waals surface area contributed by atoms with Gasteiger partial charge in [0, 0.05) is 11.0 Å². The molecule has 0 unspecified atom stereocenters. The van der Waals surface area contributed by atoms with Crippen molar-refractivity contribution in [3.63, 3.8) is 0 Å². The van der Waals surface area contributed by atoms with Crippen LogP contribution in [-0.4, -0.2) is 14.2 Å². The third kappa shape index (κ3) is 3.47. The molecule has 0 saturated heterocycles. The third-order valence-corrected chi connectivity index (χ3v) is 4.94. The van der Waals surface area contributed by atoms with Gasteiger partial charge < -0.3 is 9.47 Å². The van der Waals surface area contributed by atoms with Crippen molar-refractivity contribution in [1.29, 1.82) is 0 Å². The molecule has 0 bridgehead atoms. The maximum atomic E-state index is 6.24. The van der Waals surface area contributed by atoms with Crippen molar-refractivity contribution in [2.75, 3.05) is 14.2 Å². The molecular formula is C17H19ClO2S. The Morgan fingerprint density at radius 2 is 1.43 bits per heavy atom. The highest BCUT2D eigenvalue weighted by Gasteiger charge is 2.13. The van der Waals surface area contributed by atoms with Crippen molar-refractivity contribution in [1.82, 2.24) is 0 Å². The normalized spacial score (nSPS) is 10.6. The van der Waals surface area contributed by atoms with Crippen LogP contribution in [0.1, 0.15) is 16.7 Å². The van der Waals surface area contributed by atoms with Crippen molar-refractivity contribution in [3.8, 4) is 11.5 Å². The molecule has 0 aliphatic rings. The van der Waals surface area contributed by atoms with Crippen LogP contribution in [0.2, 0.25) is 5.02 Å². The topological polar surface area (TPSA) is 18.5 Å². The first-order chi connectivity index (χ1) is 9.96. The Morgan fingerprint density at radius 3 is 1.95 bits per heavy atom. The quantitative estimate of drug-likeness (QED) is 0.747. The summed E-state index contributed by atoms with van der Waals surface area (Å²) in [5, 5.41) is 0.586. The molecule has 2 aromatic rings. The Morgan fingerprint density at radius 1 is 0.857 bits per heavy atom. The first kappa shape index (κ1) is 16.1. The molecular weight excluding hydrogens is 304 g/mol. The van der Waals surface area contributed by atoms with Crippen molar-refractivity contribution in [2.24, 2.45) is 0 Å². The predicted molar refractivity (Wildman–Crippen MR) is 89.3 cm³/mol. The van der Waals surface area contributed by atoms with Crippen LogP contribution in [-0.2, 0) is 0 Å². The molecule has 112 valence electrons. The molecule has 2 aromatic carbocycles. The molecule has 0 radical (unpaired) electrons. The molecule has 4 heteroatoms. The second kappa shape index (κ2) is 6.63. The van der Waals surface area contributed by atoms with E-state index in [4.69, 9.17) is 21.1 Å². The average Bonchev–Trinajstić information content (AvgIpc) is 2.43. The second-order valence-corrected chi connectivity index (χ2v) is 6.43. The maximum Gasteiger partial charge on any atom is 0.141 e. The van der Waals surface area contributed by atoms with Gasteiger partial charge in [0.25, 0.3) is 0 Å². The van der Waals surface area contributed by atoms with Crippen LogP contribution < -0.4 is 9.47 Å². The van der Waals surface area contributed by atoms with Gasteiger partial charge in [-0.25, -0.2) is 0 Å². The first-order valence-corrected chi connectivity index (χ1v) is 7.83. The molecule has 2 rings (SSSR count). The zero-order chi connectivity index (χ0) is 15.6. The summed E-state index contributed by atoms with van der Waals surface area (Å²) in [6.07, 6.45) is 0. The molecule has 0 fully saturated rings. The van der Waals surface area contributed by atoms with Gasteiger partial charge in [0.1, 0.15) is 11.5 Å². The summed E-state index contributed by atoms with van der Waals surface area (Å²) in [5.74, 6) is 1.39. The van der Waals surface area contributed by atoms with Crippen LogP contribution in [0.5, 0.6) is 11.5 Å². The lowest BCUT2D eigenvalue weighted by atomic mass is 10.1. The van der Waals surface area contributed by atoms with Gasteiger partial charge in [-0.05, 0) is 38.0 Å². The number of hydrogen-bond acceptors (Lipinski definition) is 3. The number of methoxy groups -OCH3 is 2. The smallest absolute Gasteiger partial charge is 0.141 e. The minimum atomic E-state index is 0.586. The van der Waals surface area contributed by atoms with E-state index in [1.54, 1.807) is 26.0 Å². The van der Waals surface area contributed by atoms with Gasteiger partial charge in [-0.15, -0.1) is 0 Å². The standard InChI is InChI=1S/C17H19ClO2S/c1-10-6-11(2)17(12(3)7-10)21-16-8-13(18)14(19-4)9-15(16)20-5/h6-9H,1-5H3. The van der Waals surface area contributed by atoms with Gasteiger partial charge in [0.05, 0.1) is 24.1 Å². The van der Waals surface area contributed by atoms with Crippen LogP contribution in [0.25, 0.3) is 0 Å². The SMILES string of the molecule is COc1cc(OC)c(Sc2c(C)cc(C)cc2C)cc1Cl. The van der Waals surface area contributed by atoms with Crippen LogP contribution >= 0.6 is 23.4 Å². The van der Waals surface area contributed by atoms with Crippen LogP contribution in [0.3, 0.4) is 0 Å². The Balaban J connectivity index is 2.47. The van der Waals surface area contributed by atoms with Crippen LogP contribution in [0, 0.1) is 20.8 Å². The Bertz CT molecular complexity index is 645. The lowest BCUT2D eigenvalue weighted by Crippen LogP contribution is -1.92. The van der Waals surface area contributed by atoms with Crippen LogP contribution in [0.15, 0.2) is 34.1 Å². The molecule has 0 aliphatic heterocycles. The van der Waals surface area contributed by atoms with Crippen molar-refractivity contribution in [3.05, 3.63) is 46.0 Å². The van der Waals surface area contributed by atoms with E-state index in [2.05, 4.69) is 32.9 Å². The number of benzene rings is 2. The van der Waals surface area contributed by atoms with Gasteiger partial charge in [-0.1, -0.05) is 41.1 Å². The highest BCUT2D eigenvalue weighted by molar-refractivity contribution is 7.99. The third-order valence-electron chi connectivity index (χ3n) is 3.25.